The number of hydrogen-bond donors (Lipinski definition) is 4. The van der Waals surface area contributed by atoms with Crippen LogP contribution in [0.2, 0.25) is 0 Å². The smallest absolute Gasteiger partial charge is 0.283 e. The van der Waals surface area contributed by atoms with Crippen molar-refractivity contribution in [2.24, 2.45) is 10.4 Å². The van der Waals surface area contributed by atoms with Gasteiger partial charge in [0, 0.05) is 82.1 Å². The summed E-state index contributed by atoms with van der Waals surface area (Å²) in [5.74, 6) is -3.70. The molecule has 8 rings (SSSR count). The van der Waals surface area contributed by atoms with Gasteiger partial charge in [0.05, 0.1) is 47.0 Å². The Labute approximate surface area is 443 Å². The van der Waals surface area contributed by atoms with E-state index in [0.717, 1.165) is 21.7 Å². The molecule has 404 valence electrons. The minimum Gasteiger partial charge on any atom is -0.493 e. The molecule has 76 heavy (non-hydrogen) atoms. The molecule has 0 unspecified atom stereocenters. The van der Waals surface area contributed by atoms with E-state index in [1.807, 2.05) is 37.3 Å². The molecule has 1 aromatic carbocycles. The summed E-state index contributed by atoms with van der Waals surface area (Å²) in [7, 11) is 0. The average molecular weight is 1070 g/mol. The Morgan fingerprint density at radius 3 is 2.42 bits per heavy atom. The number of amides is 5. The number of halogens is 3. The number of pyridine rings is 2. The number of aromatic nitrogens is 3. The van der Waals surface area contributed by atoms with Crippen molar-refractivity contribution in [2.75, 3.05) is 56.1 Å². The number of alkyl halides is 3. The van der Waals surface area contributed by atoms with Crippen molar-refractivity contribution in [2.45, 2.75) is 128 Å². The number of hydrogen-bond acceptors (Lipinski definition) is 14. The summed E-state index contributed by atoms with van der Waals surface area (Å²) in [6.07, 6.45) is 2.74. The van der Waals surface area contributed by atoms with Crippen molar-refractivity contribution in [1.82, 2.24) is 35.4 Å². The van der Waals surface area contributed by atoms with Crippen LogP contribution in [0.4, 0.5) is 30.6 Å². The van der Waals surface area contributed by atoms with Crippen LogP contribution in [0.25, 0.3) is 10.4 Å². The van der Waals surface area contributed by atoms with Crippen molar-refractivity contribution < 1.29 is 47.0 Å². The lowest BCUT2D eigenvalue weighted by atomic mass is 9.88. The van der Waals surface area contributed by atoms with Gasteiger partial charge in [0.1, 0.15) is 35.0 Å². The van der Waals surface area contributed by atoms with E-state index in [1.165, 1.54) is 22.4 Å². The summed E-state index contributed by atoms with van der Waals surface area (Å²) >= 11 is 1.48. The fourth-order valence-corrected chi connectivity index (χ4v) is 10.3. The molecule has 6 heterocycles. The summed E-state index contributed by atoms with van der Waals surface area (Å²) in [5, 5.41) is 28.9. The maximum absolute atomic E-state index is 14.6. The number of aliphatic hydroxyl groups excluding tert-OH is 1. The summed E-state index contributed by atoms with van der Waals surface area (Å²) in [5.41, 5.74) is 2.21. The number of likely N-dealkylation sites (tertiary alicyclic amines) is 2. The summed E-state index contributed by atoms with van der Waals surface area (Å²) in [4.78, 5) is 89.1. The van der Waals surface area contributed by atoms with Crippen molar-refractivity contribution in [3.8, 4) is 22.3 Å². The number of carbonyl (C=O) groups excluding carboxylic acids is 5. The van der Waals surface area contributed by atoms with Gasteiger partial charge >= 0.3 is 0 Å². The van der Waals surface area contributed by atoms with Crippen LogP contribution in [0.3, 0.4) is 0 Å². The molecule has 0 radical (unpaired) electrons. The molecular formula is C54H64F3N11O7S. The van der Waals surface area contributed by atoms with Gasteiger partial charge in [-0.25, -0.2) is 33.1 Å². The molecule has 1 aliphatic carbocycles. The number of nitriles is 1. The number of piperidine rings is 1. The lowest BCUT2D eigenvalue weighted by Crippen LogP contribution is -2.50. The third-order valence-corrected chi connectivity index (χ3v) is 15.1. The quantitative estimate of drug-likeness (QED) is 0.0552. The molecule has 4 fully saturated rings. The second-order valence-electron chi connectivity index (χ2n) is 21.0. The normalized spacial score (nSPS) is 19.2. The predicted octanol–water partition coefficient (Wildman–Crippen LogP) is 6.92. The number of aliphatic imine (C=N–C) groups is 1. The zero-order valence-corrected chi connectivity index (χ0v) is 44.0. The minimum atomic E-state index is -2.82. The Morgan fingerprint density at radius 1 is 0.961 bits per heavy atom. The highest BCUT2D eigenvalue weighted by molar-refractivity contribution is 7.13. The Bertz CT molecular complexity index is 2890. The summed E-state index contributed by atoms with van der Waals surface area (Å²) < 4.78 is 49.4. The van der Waals surface area contributed by atoms with Gasteiger partial charge in [-0.2, -0.15) is 5.26 Å². The maximum atomic E-state index is 14.6. The molecule has 3 aromatic heterocycles. The number of aryl methyl sites for hydroxylation is 1. The van der Waals surface area contributed by atoms with Crippen LogP contribution in [0.1, 0.15) is 113 Å². The average Bonchev–Trinajstić information content (AvgIpc) is 3.63. The van der Waals surface area contributed by atoms with E-state index in [-0.39, 0.29) is 88.2 Å². The summed E-state index contributed by atoms with van der Waals surface area (Å²) in [6, 6.07) is 13.5. The van der Waals surface area contributed by atoms with E-state index >= 15 is 0 Å². The van der Waals surface area contributed by atoms with E-state index < -0.39 is 53.4 Å². The van der Waals surface area contributed by atoms with Crippen LogP contribution in [-0.4, -0.2) is 135 Å². The second-order valence-corrected chi connectivity index (χ2v) is 21.9. The van der Waals surface area contributed by atoms with Gasteiger partial charge in [0.25, 0.3) is 17.7 Å². The number of rotatable bonds is 19. The van der Waals surface area contributed by atoms with Crippen LogP contribution >= 0.6 is 11.3 Å². The number of ether oxygens (including phenoxy) is 1. The highest BCUT2D eigenvalue weighted by Crippen LogP contribution is 2.42. The molecule has 22 heteroatoms. The van der Waals surface area contributed by atoms with Gasteiger partial charge in [0.15, 0.2) is 5.67 Å². The van der Waals surface area contributed by atoms with E-state index in [2.05, 4.69) is 42.0 Å². The Morgan fingerprint density at radius 2 is 1.74 bits per heavy atom. The fraction of sp³-hybridized carbons (Fsp3) is 0.519. The molecule has 2 atom stereocenters. The monoisotopic (exact) mass is 1070 g/mol. The molecular weight excluding hydrogens is 1000 g/mol. The van der Waals surface area contributed by atoms with Crippen LogP contribution in [-0.2, 0) is 30.5 Å². The molecule has 1 saturated carbocycles. The SMILES string of the molecule is Cc1ncsc1-c1ccc(CNC(=O)[C@@H]2C[C@@H](O)CN2C(=O)C(=NC(=O)C2(F)CC2)C(C)(C)C)c(OCCCCNC(=O)CCC(=O)N2CCC(c3cc(Nc4cc(C#N)ccn4)nc(N4CCC(F)(F)C4)c3)CC2)c1. The van der Waals surface area contributed by atoms with E-state index in [1.54, 1.807) is 48.2 Å². The first-order valence-corrected chi connectivity index (χ1v) is 26.6. The van der Waals surface area contributed by atoms with E-state index in [0.29, 0.717) is 79.6 Å². The van der Waals surface area contributed by atoms with Crippen LogP contribution in [0, 0.1) is 23.7 Å². The zero-order valence-electron chi connectivity index (χ0n) is 43.2. The third kappa shape index (κ3) is 13.9. The number of aliphatic hydroxyl groups is 1. The van der Waals surface area contributed by atoms with Crippen LogP contribution in [0.5, 0.6) is 5.75 Å². The van der Waals surface area contributed by atoms with Crippen molar-refractivity contribution >= 4 is 64.0 Å². The van der Waals surface area contributed by atoms with Gasteiger partial charge in [0.2, 0.25) is 17.7 Å². The number of unbranched alkanes of at least 4 members (excludes halogenated alkanes) is 1. The number of β-amino-alcohol motifs (C(OH)–C–C–N with tert-alkyl or cyclic N) is 1. The number of nitrogens with zero attached hydrogens (tertiary/aromatic N) is 8. The molecule has 18 nitrogen and oxygen atoms in total. The number of thiazole rings is 1. The molecule has 4 N–H and O–H groups in total. The van der Waals surface area contributed by atoms with Gasteiger partial charge in [-0.05, 0) is 92.8 Å². The molecule has 4 aromatic rings. The number of anilines is 3. The molecule has 0 spiro atoms. The van der Waals surface area contributed by atoms with Crippen molar-refractivity contribution in [3.63, 3.8) is 0 Å². The number of benzene rings is 1. The van der Waals surface area contributed by atoms with Gasteiger partial charge in [-0.1, -0.05) is 32.9 Å². The standard InChI is InChI=1S/C54H64F3N11O7S/c1-33-47(76-32-62-33)36-7-8-37(29-61-49(72)40-27-39(69)30-68(40)50(73)48(52(2,3)4)65-51(74)53(55)14-15-53)41(24-36)75-22-6-5-17-60-45(70)9-10-46(71)66-19-12-35(13-20-66)38-25-43(63-42-23-34(28-58)11-18-59-42)64-44(26-38)67-21-16-54(56,57)31-67/h7-8,11,18,23-26,32,35,39-40,69H,5-6,9-10,12-17,19-22,27,29-31H2,1-4H3,(H,60,70)(H,61,72)(H,59,63,64)/t39-,40+/m1/s1. The molecule has 3 saturated heterocycles. The number of carbonyl (C=O) groups is 5. The first-order chi connectivity index (χ1) is 36.2. The van der Waals surface area contributed by atoms with Crippen molar-refractivity contribution in [1.29, 1.82) is 5.26 Å². The lowest BCUT2D eigenvalue weighted by molar-refractivity contribution is -0.134. The van der Waals surface area contributed by atoms with Gasteiger partial charge < -0.3 is 40.5 Å². The predicted molar refractivity (Wildman–Crippen MR) is 279 cm³/mol. The molecule has 5 amide bonds. The van der Waals surface area contributed by atoms with E-state index in [9.17, 15) is 47.5 Å². The highest BCUT2D eigenvalue weighted by atomic mass is 32.1. The Kier molecular flexibility index (Phi) is 17.1. The van der Waals surface area contributed by atoms with E-state index in [4.69, 9.17) is 4.74 Å². The highest BCUT2D eigenvalue weighted by Gasteiger charge is 2.52. The topological polar surface area (TPSA) is 235 Å². The number of nitrogens with one attached hydrogen (secondary N) is 3. The lowest BCUT2D eigenvalue weighted by Gasteiger charge is -2.33. The minimum absolute atomic E-state index is 0.0227. The summed E-state index contributed by atoms with van der Waals surface area (Å²) in [6.45, 7) is 8.08. The van der Waals surface area contributed by atoms with Crippen molar-refractivity contribution in [3.05, 3.63) is 76.6 Å². The maximum Gasteiger partial charge on any atom is 0.283 e. The van der Waals surface area contributed by atoms with Gasteiger partial charge in [-0.15, -0.1) is 11.3 Å². The second kappa shape index (κ2) is 23.5. The first-order valence-electron chi connectivity index (χ1n) is 25.8. The molecule has 4 aliphatic rings. The largest absolute Gasteiger partial charge is 0.493 e. The van der Waals surface area contributed by atoms with Crippen LogP contribution < -0.4 is 25.6 Å². The third-order valence-electron chi connectivity index (χ3n) is 14.1. The van der Waals surface area contributed by atoms with Crippen LogP contribution in [0.15, 0.2) is 59.2 Å². The Hall–Kier alpha value is -6.99. The molecule has 3 aliphatic heterocycles. The molecule has 0 bridgehead atoms. The van der Waals surface area contributed by atoms with Gasteiger partial charge in [-0.3, -0.25) is 24.0 Å². The first kappa shape index (κ1) is 55.2. The fourth-order valence-electron chi connectivity index (χ4n) is 9.54. The zero-order chi connectivity index (χ0) is 54.4. The Balaban J connectivity index is 0.798.